The van der Waals surface area contributed by atoms with Crippen LogP contribution in [0.3, 0.4) is 0 Å². The van der Waals surface area contributed by atoms with Crippen molar-refractivity contribution in [3.8, 4) is 11.1 Å². The summed E-state index contributed by atoms with van der Waals surface area (Å²) >= 11 is 1.29. The number of thioether (sulfide) groups is 1. The molecule has 3 rings (SSSR count). The Morgan fingerprint density at radius 2 is 2.00 bits per heavy atom. The van der Waals surface area contributed by atoms with Gasteiger partial charge in [-0.15, -0.1) is 0 Å². The molecule has 118 valence electrons. The minimum Gasteiger partial charge on any atom is -0.297 e. The summed E-state index contributed by atoms with van der Waals surface area (Å²) in [7, 11) is 0. The molecule has 1 aromatic heterocycles. The lowest BCUT2D eigenvalue weighted by molar-refractivity contribution is -0.117. The number of pyridine rings is 1. The lowest BCUT2D eigenvalue weighted by Crippen LogP contribution is -2.25. The Hall–Kier alpha value is -2.14. The fourth-order valence-corrected chi connectivity index (χ4v) is 3.39. The molecule has 0 saturated carbocycles. The molecular weight excluding hydrogens is 308 g/mol. The molecular formula is C18H18N2O2S. The van der Waals surface area contributed by atoms with E-state index in [1.54, 1.807) is 18.0 Å². The first-order chi connectivity index (χ1) is 11.1. The molecule has 1 aromatic carbocycles. The van der Waals surface area contributed by atoms with Crippen LogP contribution >= 0.6 is 11.8 Å². The number of carbonyl (C=O) groups is 2. The second-order valence-electron chi connectivity index (χ2n) is 5.65. The zero-order valence-corrected chi connectivity index (χ0v) is 13.8. The predicted molar refractivity (Wildman–Crippen MR) is 93.3 cm³/mol. The Morgan fingerprint density at radius 3 is 2.65 bits per heavy atom. The van der Waals surface area contributed by atoms with Crippen LogP contribution in [0.2, 0.25) is 0 Å². The zero-order valence-electron chi connectivity index (χ0n) is 12.9. The van der Waals surface area contributed by atoms with Crippen LogP contribution in [0.25, 0.3) is 11.1 Å². The average Bonchev–Trinajstić information content (AvgIpc) is 2.95. The van der Waals surface area contributed by atoms with Gasteiger partial charge in [0.2, 0.25) is 5.91 Å². The van der Waals surface area contributed by atoms with Gasteiger partial charge in [0.05, 0.1) is 0 Å². The van der Waals surface area contributed by atoms with Gasteiger partial charge in [0, 0.05) is 37.4 Å². The molecule has 2 heterocycles. The number of hydrogen-bond acceptors (Lipinski definition) is 4. The van der Waals surface area contributed by atoms with Crippen LogP contribution in [0.1, 0.15) is 13.3 Å². The predicted octanol–water partition coefficient (Wildman–Crippen LogP) is 3.38. The van der Waals surface area contributed by atoms with E-state index in [0.29, 0.717) is 24.5 Å². The number of hydrogen-bond donors (Lipinski definition) is 0. The van der Waals surface area contributed by atoms with Gasteiger partial charge in [0.15, 0.2) is 5.12 Å². The lowest BCUT2D eigenvalue weighted by atomic mass is 10.1. The largest absolute Gasteiger partial charge is 0.297 e. The number of nitrogens with zero attached hydrogens (tertiary/aromatic N) is 2. The highest BCUT2D eigenvalue weighted by atomic mass is 32.2. The SMILES string of the molecule is CC(=O)SCC1CC(=O)N(c2ccc(-c3ccccc3)cn2)C1. The van der Waals surface area contributed by atoms with Crippen LogP contribution in [0.5, 0.6) is 0 Å². The molecule has 1 unspecified atom stereocenters. The van der Waals surface area contributed by atoms with E-state index in [-0.39, 0.29) is 16.9 Å². The Morgan fingerprint density at radius 1 is 1.22 bits per heavy atom. The molecule has 1 saturated heterocycles. The monoisotopic (exact) mass is 326 g/mol. The number of aromatic nitrogens is 1. The summed E-state index contributed by atoms with van der Waals surface area (Å²) in [5.74, 6) is 1.68. The van der Waals surface area contributed by atoms with Crippen LogP contribution in [0, 0.1) is 5.92 Å². The summed E-state index contributed by atoms with van der Waals surface area (Å²) < 4.78 is 0. The van der Waals surface area contributed by atoms with Gasteiger partial charge < -0.3 is 0 Å². The molecule has 0 radical (unpaired) electrons. The van der Waals surface area contributed by atoms with E-state index in [2.05, 4.69) is 4.98 Å². The summed E-state index contributed by atoms with van der Waals surface area (Å²) in [6.45, 7) is 2.19. The van der Waals surface area contributed by atoms with Gasteiger partial charge >= 0.3 is 0 Å². The first-order valence-electron chi connectivity index (χ1n) is 7.58. The summed E-state index contributed by atoms with van der Waals surface area (Å²) in [6, 6.07) is 13.9. The molecule has 2 aromatic rings. The highest BCUT2D eigenvalue weighted by Crippen LogP contribution is 2.27. The standard InChI is InChI=1S/C18H18N2O2S/c1-13(21)23-12-14-9-18(22)20(11-14)17-8-7-16(10-19-17)15-5-3-2-4-6-15/h2-8,10,14H,9,11-12H2,1H3. The molecule has 1 aliphatic heterocycles. The van der Waals surface area contributed by atoms with Crippen molar-refractivity contribution >= 4 is 28.6 Å². The minimum atomic E-state index is 0.0825. The van der Waals surface area contributed by atoms with Gasteiger partial charge in [-0.05, 0) is 23.6 Å². The fraction of sp³-hybridized carbons (Fsp3) is 0.278. The molecule has 0 aliphatic carbocycles. The summed E-state index contributed by atoms with van der Waals surface area (Å²) in [5.41, 5.74) is 2.14. The van der Waals surface area contributed by atoms with E-state index in [0.717, 1.165) is 11.1 Å². The molecule has 5 heteroatoms. The Bertz CT molecular complexity index is 701. The second-order valence-corrected chi connectivity index (χ2v) is 6.85. The third-order valence-corrected chi connectivity index (χ3v) is 4.90. The van der Waals surface area contributed by atoms with Gasteiger partial charge in [-0.3, -0.25) is 14.5 Å². The summed E-state index contributed by atoms with van der Waals surface area (Å²) in [6.07, 6.45) is 2.29. The molecule has 23 heavy (non-hydrogen) atoms. The van der Waals surface area contributed by atoms with E-state index in [1.807, 2.05) is 42.5 Å². The maximum atomic E-state index is 12.2. The highest BCUT2D eigenvalue weighted by molar-refractivity contribution is 8.13. The molecule has 0 N–H and O–H groups in total. The van der Waals surface area contributed by atoms with Gasteiger partial charge in [-0.25, -0.2) is 4.98 Å². The molecule has 0 spiro atoms. The molecule has 1 aliphatic rings. The molecule has 0 bridgehead atoms. The summed E-state index contributed by atoms with van der Waals surface area (Å²) in [5, 5.41) is 0.0984. The van der Waals surface area contributed by atoms with Crippen LogP contribution in [-0.2, 0) is 9.59 Å². The van der Waals surface area contributed by atoms with Crippen molar-refractivity contribution in [2.45, 2.75) is 13.3 Å². The van der Waals surface area contributed by atoms with Crippen molar-refractivity contribution < 1.29 is 9.59 Å². The van der Waals surface area contributed by atoms with Crippen LogP contribution in [-0.4, -0.2) is 28.3 Å². The number of benzene rings is 1. The van der Waals surface area contributed by atoms with Crippen molar-refractivity contribution in [2.75, 3.05) is 17.2 Å². The van der Waals surface area contributed by atoms with Crippen molar-refractivity contribution in [3.05, 3.63) is 48.7 Å². The van der Waals surface area contributed by atoms with Crippen molar-refractivity contribution in [1.82, 2.24) is 4.98 Å². The van der Waals surface area contributed by atoms with Gasteiger partial charge in [-0.1, -0.05) is 42.1 Å². The van der Waals surface area contributed by atoms with E-state index < -0.39 is 0 Å². The molecule has 4 nitrogen and oxygen atoms in total. The Labute approximate surface area is 139 Å². The van der Waals surface area contributed by atoms with Gasteiger partial charge in [-0.2, -0.15) is 0 Å². The maximum absolute atomic E-state index is 12.2. The third-order valence-electron chi connectivity index (χ3n) is 3.86. The normalized spacial score (nSPS) is 17.5. The first kappa shape index (κ1) is 15.7. The van der Waals surface area contributed by atoms with E-state index in [4.69, 9.17) is 0 Å². The van der Waals surface area contributed by atoms with Crippen LogP contribution in [0.15, 0.2) is 48.7 Å². The second kappa shape index (κ2) is 6.96. The summed E-state index contributed by atoms with van der Waals surface area (Å²) in [4.78, 5) is 29.4. The number of amides is 1. The average molecular weight is 326 g/mol. The fourth-order valence-electron chi connectivity index (χ4n) is 2.70. The smallest absolute Gasteiger partial charge is 0.228 e. The topological polar surface area (TPSA) is 50.3 Å². The van der Waals surface area contributed by atoms with Crippen LogP contribution < -0.4 is 4.90 Å². The Kier molecular flexibility index (Phi) is 4.76. The number of anilines is 1. The van der Waals surface area contributed by atoms with Gasteiger partial charge in [0.25, 0.3) is 0 Å². The van der Waals surface area contributed by atoms with Gasteiger partial charge in [0.1, 0.15) is 5.82 Å². The number of carbonyl (C=O) groups excluding carboxylic acids is 2. The van der Waals surface area contributed by atoms with Crippen LogP contribution in [0.4, 0.5) is 5.82 Å². The van der Waals surface area contributed by atoms with Crippen molar-refractivity contribution in [1.29, 1.82) is 0 Å². The van der Waals surface area contributed by atoms with E-state index in [9.17, 15) is 9.59 Å². The zero-order chi connectivity index (χ0) is 16.2. The van der Waals surface area contributed by atoms with Crippen molar-refractivity contribution in [3.63, 3.8) is 0 Å². The molecule has 1 amide bonds. The Balaban J connectivity index is 1.70. The molecule has 1 fully saturated rings. The van der Waals surface area contributed by atoms with E-state index in [1.165, 1.54) is 11.8 Å². The quantitative estimate of drug-likeness (QED) is 0.864. The minimum absolute atomic E-state index is 0.0825. The highest BCUT2D eigenvalue weighted by Gasteiger charge is 2.31. The van der Waals surface area contributed by atoms with Crippen molar-refractivity contribution in [2.24, 2.45) is 5.92 Å². The first-order valence-corrected chi connectivity index (χ1v) is 8.57. The number of rotatable bonds is 4. The lowest BCUT2D eigenvalue weighted by Gasteiger charge is -2.15. The third kappa shape index (κ3) is 3.79. The molecule has 1 atom stereocenters. The van der Waals surface area contributed by atoms with E-state index >= 15 is 0 Å². The maximum Gasteiger partial charge on any atom is 0.228 e.